The number of rotatable bonds is 3. The zero-order valence-corrected chi connectivity index (χ0v) is 19.2. The number of aromatic nitrogens is 3. The highest BCUT2D eigenvalue weighted by molar-refractivity contribution is 7.78. The average Bonchev–Trinajstić information content (AvgIpc) is 3.30. The Morgan fingerprint density at radius 3 is 2.69 bits per heavy atom. The molecule has 172 valence electrons. The summed E-state index contributed by atoms with van der Waals surface area (Å²) in [7, 11) is 0. The van der Waals surface area contributed by atoms with Gasteiger partial charge >= 0.3 is 6.18 Å². The Balaban J connectivity index is 1.37. The number of ether oxygens (including phenoxy) is 1. The van der Waals surface area contributed by atoms with Crippen molar-refractivity contribution in [1.29, 1.82) is 0 Å². The normalized spacial score (nSPS) is 23.5. The van der Waals surface area contributed by atoms with Crippen molar-refractivity contribution in [3.63, 3.8) is 0 Å². The van der Waals surface area contributed by atoms with E-state index in [2.05, 4.69) is 33.7 Å². The minimum atomic E-state index is -4.45. The molecule has 2 aliphatic rings. The molecule has 3 aromatic rings. The summed E-state index contributed by atoms with van der Waals surface area (Å²) < 4.78 is 46.2. The molecular formula is C22H25F3N4OS2. The van der Waals surface area contributed by atoms with Crippen LogP contribution < -0.4 is 0 Å². The lowest BCUT2D eigenvalue weighted by Gasteiger charge is -2.36. The zero-order valence-electron chi connectivity index (χ0n) is 17.5. The Hall–Kier alpha value is -1.62. The second kappa shape index (κ2) is 8.96. The van der Waals surface area contributed by atoms with Crippen LogP contribution in [0.2, 0.25) is 0 Å². The number of hydrogen-bond donors (Lipinski definition) is 1. The number of alkyl halides is 3. The minimum Gasteiger partial charge on any atom is -0.380 e. The molecule has 5 nitrogen and oxygen atoms in total. The van der Waals surface area contributed by atoms with Crippen molar-refractivity contribution in [2.75, 3.05) is 26.3 Å². The number of thiol groups is 1. The second-order valence-electron chi connectivity index (χ2n) is 8.57. The van der Waals surface area contributed by atoms with E-state index < -0.39 is 11.9 Å². The monoisotopic (exact) mass is 482 g/mol. The summed E-state index contributed by atoms with van der Waals surface area (Å²) in [5, 5.41) is 2.19. The topological polar surface area (TPSA) is 43.2 Å². The van der Waals surface area contributed by atoms with Crippen molar-refractivity contribution < 1.29 is 17.9 Å². The molecule has 1 saturated heterocycles. The summed E-state index contributed by atoms with van der Waals surface area (Å²) in [4.78, 5) is 11.0. The summed E-state index contributed by atoms with van der Waals surface area (Å²) in [6.45, 7) is 3.79. The van der Waals surface area contributed by atoms with E-state index in [1.54, 1.807) is 10.2 Å². The first-order valence-electron chi connectivity index (χ1n) is 11.0. The third-order valence-electron chi connectivity index (χ3n) is 6.61. The van der Waals surface area contributed by atoms with E-state index >= 15 is 0 Å². The Labute approximate surface area is 194 Å². The van der Waals surface area contributed by atoms with Crippen molar-refractivity contribution in [2.24, 2.45) is 0 Å². The van der Waals surface area contributed by atoms with Crippen LogP contribution in [0.15, 0.2) is 23.8 Å². The molecule has 0 bridgehead atoms. The molecule has 0 radical (unpaired) electrons. The average molecular weight is 483 g/mol. The molecule has 0 spiro atoms. The molecule has 0 aromatic carbocycles. The van der Waals surface area contributed by atoms with Crippen LogP contribution in [0, 0.1) is 0 Å². The standard InChI is InChI=1S/C22H25F3N4OS2/c23-22(24,25)19-13-32-21(27-19)18-12-29(31)20-17(18)10-15(11-26-20)14-2-4-16(5-3-14)28-6-1-8-30-9-7-28/h10-14,16,31H,1-9H2. The fraction of sp³-hybridized carbons (Fsp3) is 0.545. The number of fused-ring (bicyclic) bond motifs is 1. The first-order chi connectivity index (χ1) is 15.4. The molecule has 5 rings (SSSR count). The van der Waals surface area contributed by atoms with Gasteiger partial charge in [0.05, 0.1) is 6.61 Å². The van der Waals surface area contributed by atoms with Gasteiger partial charge in [-0.25, -0.2) is 9.97 Å². The van der Waals surface area contributed by atoms with Crippen molar-refractivity contribution in [3.8, 4) is 10.6 Å². The smallest absolute Gasteiger partial charge is 0.380 e. The molecule has 2 fully saturated rings. The van der Waals surface area contributed by atoms with Crippen LogP contribution in [-0.4, -0.2) is 51.2 Å². The summed E-state index contributed by atoms with van der Waals surface area (Å²) in [5.74, 6) is 0.407. The van der Waals surface area contributed by atoms with Gasteiger partial charge in [-0.15, -0.1) is 11.3 Å². The highest BCUT2D eigenvalue weighted by Crippen LogP contribution is 2.40. The van der Waals surface area contributed by atoms with Crippen molar-refractivity contribution in [3.05, 3.63) is 35.1 Å². The van der Waals surface area contributed by atoms with Gasteiger partial charge in [0.1, 0.15) is 10.7 Å². The van der Waals surface area contributed by atoms with E-state index in [1.807, 2.05) is 6.20 Å². The van der Waals surface area contributed by atoms with Crippen LogP contribution in [0.4, 0.5) is 13.2 Å². The van der Waals surface area contributed by atoms with Crippen molar-refractivity contribution in [2.45, 2.75) is 50.2 Å². The van der Waals surface area contributed by atoms with Crippen LogP contribution in [0.1, 0.15) is 49.3 Å². The fourth-order valence-corrected chi connectivity index (χ4v) is 6.06. The van der Waals surface area contributed by atoms with Crippen molar-refractivity contribution in [1.82, 2.24) is 18.8 Å². The van der Waals surface area contributed by atoms with Crippen LogP contribution in [0.5, 0.6) is 0 Å². The molecule has 0 atom stereocenters. The first-order valence-corrected chi connectivity index (χ1v) is 12.2. The van der Waals surface area contributed by atoms with E-state index in [0.29, 0.717) is 28.2 Å². The van der Waals surface area contributed by atoms with Gasteiger partial charge in [-0.3, -0.25) is 8.87 Å². The van der Waals surface area contributed by atoms with Crippen LogP contribution >= 0.6 is 24.2 Å². The molecule has 3 aromatic heterocycles. The summed E-state index contributed by atoms with van der Waals surface area (Å²) >= 11 is 5.41. The van der Waals surface area contributed by atoms with Gasteiger partial charge in [-0.1, -0.05) is 12.8 Å². The molecule has 1 aliphatic heterocycles. The summed E-state index contributed by atoms with van der Waals surface area (Å²) in [6.07, 6.45) is 4.69. The molecule has 4 heterocycles. The van der Waals surface area contributed by atoms with E-state index in [-0.39, 0.29) is 0 Å². The van der Waals surface area contributed by atoms with E-state index in [4.69, 9.17) is 4.74 Å². The number of nitrogens with zero attached hydrogens (tertiary/aromatic N) is 4. The largest absolute Gasteiger partial charge is 0.434 e. The highest BCUT2D eigenvalue weighted by Gasteiger charge is 2.34. The van der Waals surface area contributed by atoms with Gasteiger partial charge in [-0.2, -0.15) is 13.2 Å². The quantitative estimate of drug-likeness (QED) is 0.492. The molecule has 0 unspecified atom stereocenters. The number of hydrogen-bond acceptors (Lipinski definition) is 6. The fourth-order valence-electron chi connectivity index (χ4n) is 4.93. The lowest BCUT2D eigenvalue weighted by atomic mass is 9.81. The highest BCUT2D eigenvalue weighted by atomic mass is 32.1. The molecular weight excluding hydrogens is 457 g/mol. The molecule has 0 amide bonds. The molecule has 0 N–H and O–H groups in total. The predicted octanol–water partition coefficient (Wildman–Crippen LogP) is 5.62. The third-order valence-corrected chi connectivity index (χ3v) is 7.79. The van der Waals surface area contributed by atoms with Gasteiger partial charge in [-0.05, 0) is 49.7 Å². The number of halogens is 3. The van der Waals surface area contributed by atoms with Crippen LogP contribution in [0.25, 0.3) is 21.6 Å². The van der Waals surface area contributed by atoms with Gasteiger partial charge in [0.2, 0.25) is 0 Å². The Bertz CT molecular complexity index is 1080. The van der Waals surface area contributed by atoms with Crippen LogP contribution in [0.3, 0.4) is 0 Å². The maximum absolute atomic E-state index is 13.0. The SMILES string of the molecule is FC(F)(F)c1csc(-c2cn(S)c3ncc(C4CCC(N5CCCOCC5)CC4)cc23)n1. The summed E-state index contributed by atoms with van der Waals surface area (Å²) in [6, 6.07) is 2.68. The van der Waals surface area contributed by atoms with E-state index in [9.17, 15) is 13.2 Å². The predicted molar refractivity (Wildman–Crippen MR) is 122 cm³/mol. The van der Waals surface area contributed by atoms with Crippen molar-refractivity contribution >= 4 is 35.2 Å². The lowest BCUT2D eigenvalue weighted by molar-refractivity contribution is -0.140. The molecule has 1 aliphatic carbocycles. The minimum absolute atomic E-state index is 0.334. The number of pyridine rings is 1. The Morgan fingerprint density at radius 1 is 1.12 bits per heavy atom. The van der Waals surface area contributed by atoms with Crippen LogP contribution in [-0.2, 0) is 10.9 Å². The summed E-state index contributed by atoms with van der Waals surface area (Å²) in [5.41, 5.74) is 1.56. The lowest BCUT2D eigenvalue weighted by Crippen LogP contribution is -2.39. The Kier molecular flexibility index (Phi) is 6.21. The van der Waals surface area contributed by atoms with Gasteiger partial charge < -0.3 is 4.74 Å². The van der Waals surface area contributed by atoms with Gasteiger partial charge in [0.25, 0.3) is 0 Å². The second-order valence-corrected chi connectivity index (χ2v) is 9.86. The first kappa shape index (κ1) is 22.2. The van der Waals surface area contributed by atoms with E-state index in [0.717, 1.165) is 86.1 Å². The molecule has 1 saturated carbocycles. The third kappa shape index (κ3) is 4.42. The zero-order chi connectivity index (χ0) is 22.3. The molecule has 32 heavy (non-hydrogen) atoms. The van der Waals surface area contributed by atoms with Gasteiger partial charge in [0, 0.05) is 54.5 Å². The Morgan fingerprint density at radius 2 is 1.94 bits per heavy atom. The van der Waals surface area contributed by atoms with E-state index in [1.165, 1.54) is 0 Å². The maximum Gasteiger partial charge on any atom is 0.434 e. The van der Waals surface area contributed by atoms with Gasteiger partial charge in [0.15, 0.2) is 5.69 Å². The number of thiazole rings is 1. The maximum atomic E-state index is 13.0. The molecule has 10 heteroatoms.